The summed E-state index contributed by atoms with van der Waals surface area (Å²) in [5.74, 6) is 0.914. The molecule has 0 fully saturated rings. The summed E-state index contributed by atoms with van der Waals surface area (Å²) in [6, 6.07) is 16.8. The molecule has 0 saturated heterocycles. The van der Waals surface area contributed by atoms with Crippen LogP contribution < -0.4 is 15.8 Å². The van der Waals surface area contributed by atoms with E-state index in [-0.39, 0.29) is 5.91 Å². The van der Waals surface area contributed by atoms with Crippen LogP contribution in [-0.2, 0) is 17.8 Å². The highest BCUT2D eigenvalue weighted by Gasteiger charge is 2.16. The van der Waals surface area contributed by atoms with Crippen molar-refractivity contribution in [1.29, 1.82) is 0 Å². The maximum atomic E-state index is 12.5. The number of carbonyl (C=O) groups is 1. The number of amides is 1. The van der Waals surface area contributed by atoms with E-state index in [1.165, 1.54) is 5.56 Å². The molecule has 3 N–H and O–H groups in total. The third-order valence-corrected chi connectivity index (χ3v) is 4.35. The van der Waals surface area contributed by atoms with Crippen molar-refractivity contribution in [1.82, 2.24) is 9.55 Å². The van der Waals surface area contributed by atoms with Crippen molar-refractivity contribution < 1.29 is 9.53 Å². The second-order valence-corrected chi connectivity index (χ2v) is 7.56. The molecule has 1 aromatic heterocycles. The van der Waals surface area contributed by atoms with Crippen molar-refractivity contribution in [2.75, 3.05) is 11.9 Å². The summed E-state index contributed by atoms with van der Waals surface area (Å²) < 4.78 is 7.69. The summed E-state index contributed by atoms with van der Waals surface area (Å²) >= 11 is 0. The first-order valence-corrected chi connectivity index (χ1v) is 9.83. The molecule has 1 atom stereocenters. The van der Waals surface area contributed by atoms with E-state index in [9.17, 15) is 4.79 Å². The van der Waals surface area contributed by atoms with Gasteiger partial charge in [0.15, 0.2) is 0 Å². The first-order chi connectivity index (χ1) is 14.0. The first-order valence-electron chi connectivity index (χ1n) is 9.83. The van der Waals surface area contributed by atoms with Gasteiger partial charge in [-0.3, -0.25) is 4.79 Å². The van der Waals surface area contributed by atoms with E-state index in [0.29, 0.717) is 24.6 Å². The van der Waals surface area contributed by atoms with Gasteiger partial charge >= 0.3 is 0 Å². The summed E-state index contributed by atoms with van der Waals surface area (Å²) in [6.07, 6.45) is 4.07. The Morgan fingerprint density at radius 3 is 2.72 bits per heavy atom. The van der Waals surface area contributed by atoms with Gasteiger partial charge in [0.1, 0.15) is 5.75 Å². The van der Waals surface area contributed by atoms with E-state index in [0.717, 1.165) is 18.0 Å². The Morgan fingerprint density at radius 1 is 1.17 bits per heavy atom. The second kappa shape index (κ2) is 9.89. The normalized spacial score (nSPS) is 12.0. The number of anilines is 1. The van der Waals surface area contributed by atoms with Crippen LogP contribution in [0.25, 0.3) is 0 Å². The maximum absolute atomic E-state index is 12.5. The molecule has 152 valence electrons. The Hall–Kier alpha value is -3.12. The van der Waals surface area contributed by atoms with E-state index in [2.05, 4.69) is 36.3 Å². The molecule has 2 aromatic carbocycles. The Bertz CT molecular complexity index is 921. The third kappa shape index (κ3) is 6.47. The van der Waals surface area contributed by atoms with E-state index < -0.39 is 6.04 Å². The van der Waals surface area contributed by atoms with Crippen LogP contribution in [0.5, 0.6) is 5.75 Å². The number of hydrogen-bond donors (Lipinski definition) is 2. The number of benzene rings is 2. The second-order valence-electron chi connectivity index (χ2n) is 7.56. The molecule has 3 aromatic rings. The number of ether oxygens (including phenoxy) is 1. The number of nitrogens with zero attached hydrogens (tertiary/aromatic N) is 2. The van der Waals surface area contributed by atoms with Crippen LogP contribution in [0.4, 0.5) is 5.69 Å². The quantitative estimate of drug-likeness (QED) is 0.584. The average molecular weight is 393 g/mol. The van der Waals surface area contributed by atoms with Crippen molar-refractivity contribution in [3.8, 4) is 5.75 Å². The lowest BCUT2D eigenvalue weighted by atomic mass is 10.1. The molecule has 0 aliphatic carbocycles. The highest BCUT2D eigenvalue weighted by molar-refractivity contribution is 5.94. The Balaban J connectivity index is 1.54. The minimum absolute atomic E-state index is 0.247. The first kappa shape index (κ1) is 20.6. The lowest BCUT2D eigenvalue weighted by molar-refractivity contribution is -0.117. The molecule has 0 spiro atoms. The summed E-state index contributed by atoms with van der Waals surface area (Å²) in [5, 5.41) is 2.86. The van der Waals surface area contributed by atoms with Crippen LogP contribution in [0.3, 0.4) is 0 Å². The van der Waals surface area contributed by atoms with Gasteiger partial charge in [-0.2, -0.15) is 0 Å². The van der Waals surface area contributed by atoms with E-state index in [1.807, 2.05) is 53.2 Å². The van der Waals surface area contributed by atoms with Crippen LogP contribution in [0, 0.1) is 5.92 Å². The summed E-state index contributed by atoms with van der Waals surface area (Å²) in [4.78, 5) is 16.9. The Kier molecular flexibility index (Phi) is 7.03. The number of aromatic nitrogens is 2. The predicted octanol–water partition coefficient (Wildman–Crippen LogP) is 3.47. The molecule has 3 rings (SSSR count). The summed E-state index contributed by atoms with van der Waals surface area (Å²) in [6.45, 7) is 5.54. The number of carbonyl (C=O) groups excluding carboxylic acids is 1. The summed E-state index contributed by atoms with van der Waals surface area (Å²) in [5.41, 5.74) is 8.75. The highest BCUT2D eigenvalue weighted by atomic mass is 16.5. The van der Waals surface area contributed by atoms with Crippen molar-refractivity contribution in [2.24, 2.45) is 11.7 Å². The van der Waals surface area contributed by atoms with Crippen LogP contribution >= 0.6 is 0 Å². The van der Waals surface area contributed by atoms with E-state index in [1.54, 1.807) is 6.33 Å². The molecule has 0 saturated carbocycles. The lowest BCUT2D eigenvalue weighted by Gasteiger charge is -2.13. The minimum atomic E-state index is -0.685. The monoisotopic (exact) mass is 392 g/mol. The number of rotatable bonds is 9. The van der Waals surface area contributed by atoms with Gasteiger partial charge < -0.3 is 20.4 Å². The van der Waals surface area contributed by atoms with Gasteiger partial charge in [0, 0.05) is 30.9 Å². The molecule has 0 bridgehead atoms. The molecule has 6 heteroatoms. The Labute approximate surface area is 171 Å². The van der Waals surface area contributed by atoms with Gasteiger partial charge in [-0.05, 0) is 23.6 Å². The largest absolute Gasteiger partial charge is 0.493 e. The van der Waals surface area contributed by atoms with Gasteiger partial charge in [-0.25, -0.2) is 4.98 Å². The van der Waals surface area contributed by atoms with Gasteiger partial charge in [0.2, 0.25) is 5.91 Å². The lowest BCUT2D eigenvalue weighted by Crippen LogP contribution is -2.37. The predicted molar refractivity (Wildman–Crippen MR) is 115 cm³/mol. The molecular weight excluding hydrogens is 364 g/mol. The molecule has 0 radical (unpaired) electrons. The topological polar surface area (TPSA) is 82.2 Å². The molecule has 0 aliphatic rings. The van der Waals surface area contributed by atoms with Crippen LogP contribution in [-0.4, -0.2) is 28.1 Å². The number of nitrogens with two attached hydrogens (primary N) is 1. The SMILES string of the molecule is CC(C)COc1cccc(NC(=O)[C@@H](N)Cc2cn(Cc3ccccc3)cn2)c1. The van der Waals surface area contributed by atoms with Crippen LogP contribution in [0.1, 0.15) is 25.1 Å². The van der Waals surface area contributed by atoms with Crippen molar-refractivity contribution in [2.45, 2.75) is 32.9 Å². The van der Waals surface area contributed by atoms with Gasteiger partial charge in [0.25, 0.3) is 0 Å². The zero-order chi connectivity index (χ0) is 20.6. The molecule has 6 nitrogen and oxygen atoms in total. The van der Waals surface area contributed by atoms with Crippen LogP contribution in [0.2, 0.25) is 0 Å². The fraction of sp³-hybridized carbons (Fsp3) is 0.304. The minimum Gasteiger partial charge on any atom is -0.493 e. The van der Waals surface area contributed by atoms with Gasteiger partial charge in [-0.1, -0.05) is 50.2 Å². The number of hydrogen-bond acceptors (Lipinski definition) is 4. The maximum Gasteiger partial charge on any atom is 0.241 e. The molecular formula is C23H28N4O2. The molecule has 0 aliphatic heterocycles. The Morgan fingerprint density at radius 2 is 1.97 bits per heavy atom. The number of imidazole rings is 1. The van der Waals surface area contributed by atoms with Crippen molar-refractivity contribution in [3.05, 3.63) is 78.4 Å². The fourth-order valence-electron chi connectivity index (χ4n) is 2.87. The molecule has 29 heavy (non-hydrogen) atoms. The molecule has 1 amide bonds. The standard InChI is InChI=1S/C23H28N4O2/c1-17(2)15-29-21-10-6-9-19(11-21)26-23(28)22(24)12-20-14-27(16-25-20)13-18-7-4-3-5-8-18/h3-11,14,16-17,22H,12-13,15,24H2,1-2H3,(H,26,28)/t22-/m0/s1. The zero-order valence-electron chi connectivity index (χ0n) is 16.9. The molecule has 0 unspecified atom stereocenters. The highest BCUT2D eigenvalue weighted by Crippen LogP contribution is 2.18. The third-order valence-electron chi connectivity index (χ3n) is 4.35. The van der Waals surface area contributed by atoms with Gasteiger partial charge in [0.05, 0.1) is 24.7 Å². The summed E-state index contributed by atoms with van der Waals surface area (Å²) in [7, 11) is 0. The van der Waals surface area contributed by atoms with E-state index in [4.69, 9.17) is 10.5 Å². The smallest absolute Gasteiger partial charge is 0.241 e. The number of nitrogens with one attached hydrogen (secondary N) is 1. The van der Waals surface area contributed by atoms with Crippen molar-refractivity contribution >= 4 is 11.6 Å². The fourth-order valence-corrected chi connectivity index (χ4v) is 2.87. The van der Waals surface area contributed by atoms with E-state index >= 15 is 0 Å². The zero-order valence-corrected chi connectivity index (χ0v) is 16.9. The van der Waals surface area contributed by atoms with Crippen LogP contribution in [0.15, 0.2) is 67.1 Å². The van der Waals surface area contributed by atoms with Gasteiger partial charge in [-0.15, -0.1) is 0 Å². The van der Waals surface area contributed by atoms with Crippen molar-refractivity contribution in [3.63, 3.8) is 0 Å². The molecule has 1 heterocycles. The average Bonchev–Trinajstić information content (AvgIpc) is 3.14.